The molecule has 104 valence electrons. The monoisotopic (exact) mass is 259 g/mol. The molecule has 1 fully saturated rings. The van der Waals surface area contributed by atoms with Gasteiger partial charge in [-0.2, -0.15) is 0 Å². The Morgan fingerprint density at radius 2 is 2.17 bits per heavy atom. The molecular formula is C12H21NO5. The lowest BCUT2D eigenvalue weighted by molar-refractivity contribution is -0.142. The van der Waals surface area contributed by atoms with Gasteiger partial charge in [0.2, 0.25) is 5.91 Å². The first kappa shape index (κ1) is 14.9. The lowest BCUT2D eigenvalue weighted by Crippen LogP contribution is -2.41. The maximum Gasteiger partial charge on any atom is 0.326 e. The van der Waals surface area contributed by atoms with Gasteiger partial charge in [-0.1, -0.05) is 0 Å². The summed E-state index contributed by atoms with van der Waals surface area (Å²) in [6.45, 7) is 0.484. The van der Waals surface area contributed by atoms with Crippen molar-refractivity contribution in [1.29, 1.82) is 0 Å². The third-order valence-corrected chi connectivity index (χ3v) is 3.02. The maximum atomic E-state index is 11.6. The first-order chi connectivity index (χ1) is 8.63. The van der Waals surface area contributed by atoms with Gasteiger partial charge in [-0.05, 0) is 25.7 Å². The van der Waals surface area contributed by atoms with Gasteiger partial charge in [-0.15, -0.1) is 0 Å². The Hall–Kier alpha value is -1.14. The Morgan fingerprint density at radius 1 is 1.39 bits per heavy atom. The van der Waals surface area contributed by atoms with Crippen molar-refractivity contribution in [2.75, 3.05) is 13.2 Å². The van der Waals surface area contributed by atoms with Gasteiger partial charge in [0.05, 0.1) is 6.10 Å². The van der Waals surface area contributed by atoms with E-state index in [-0.39, 0.29) is 31.5 Å². The second kappa shape index (κ2) is 8.05. The van der Waals surface area contributed by atoms with Crippen LogP contribution in [0.3, 0.4) is 0 Å². The number of ether oxygens (including phenoxy) is 1. The molecule has 0 saturated carbocycles. The van der Waals surface area contributed by atoms with Crippen LogP contribution >= 0.6 is 0 Å². The van der Waals surface area contributed by atoms with E-state index in [1.54, 1.807) is 0 Å². The fourth-order valence-electron chi connectivity index (χ4n) is 1.98. The van der Waals surface area contributed by atoms with Crippen molar-refractivity contribution >= 4 is 11.9 Å². The molecule has 6 nitrogen and oxygen atoms in total. The van der Waals surface area contributed by atoms with Gasteiger partial charge in [-0.25, -0.2) is 4.79 Å². The van der Waals surface area contributed by atoms with Crippen molar-refractivity contribution in [3.05, 3.63) is 0 Å². The second-order valence-electron chi connectivity index (χ2n) is 4.50. The van der Waals surface area contributed by atoms with Crippen molar-refractivity contribution in [2.24, 2.45) is 0 Å². The second-order valence-corrected chi connectivity index (χ2v) is 4.50. The quantitative estimate of drug-likeness (QED) is 0.610. The van der Waals surface area contributed by atoms with Crippen molar-refractivity contribution in [3.63, 3.8) is 0 Å². The molecule has 1 saturated heterocycles. The SMILES string of the molecule is O=C(CCC1CCCCO1)NC(CCO)C(=O)O. The third kappa shape index (κ3) is 5.46. The summed E-state index contributed by atoms with van der Waals surface area (Å²) in [7, 11) is 0. The summed E-state index contributed by atoms with van der Waals surface area (Å²) in [4.78, 5) is 22.3. The summed E-state index contributed by atoms with van der Waals surface area (Å²) >= 11 is 0. The minimum absolute atomic E-state index is 0.0288. The van der Waals surface area contributed by atoms with Crippen LogP contribution in [0.2, 0.25) is 0 Å². The molecule has 1 aliphatic rings. The molecule has 6 heteroatoms. The van der Waals surface area contributed by atoms with Crippen LogP contribution in [-0.2, 0) is 14.3 Å². The molecule has 0 bridgehead atoms. The molecule has 1 heterocycles. The molecule has 3 N–H and O–H groups in total. The topological polar surface area (TPSA) is 95.9 Å². The molecule has 0 aromatic carbocycles. The standard InChI is InChI=1S/C12H21NO5/c14-7-6-10(12(16)17)13-11(15)5-4-9-3-1-2-8-18-9/h9-10,14H,1-8H2,(H,13,15)(H,16,17). The molecule has 1 aliphatic heterocycles. The summed E-state index contributed by atoms with van der Waals surface area (Å²) in [6, 6.07) is -1.00. The maximum absolute atomic E-state index is 11.6. The summed E-state index contributed by atoms with van der Waals surface area (Å²) in [5, 5.41) is 19.9. The molecule has 2 unspecified atom stereocenters. The number of amides is 1. The first-order valence-corrected chi connectivity index (χ1v) is 6.38. The van der Waals surface area contributed by atoms with E-state index in [0.29, 0.717) is 6.42 Å². The van der Waals surface area contributed by atoms with Crippen molar-refractivity contribution in [1.82, 2.24) is 5.32 Å². The smallest absolute Gasteiger partial charge is 0.326 e. The zero-order valence-corrected chi connectivity index (χ0v) is 10.4. The van der Waals surface area contributed by atoms with Gasteiger partial charge in [0.15, 0.2) is 0 Å². The number of carbonyl (C=O) groups excluding carboxylic acids is 1. The van der Waals surface area contributed by atoms with Crippen molar-refractivity contribution in [3.8, 4) is 0 Å². The zero-order chi connectivity index (χ0) is 13.4. The van der Waals surface area contributed by atoms with Crippen LogP contribution in [0, 0.1) is 0 Å². The van der Waals surface area contributed by atoms with Crippen molar-refractivity contribution < 1.29 is 24.5 Å². The Morgan fingerprint density at radius 3 is 2.72 bits per heavy atom. The number of hydrogen-bond acceptors (Lipinski definition) is 4. The predicted molar refractivity (Wildman–Crippen MR) is 64.1 cm³/mol. The lowest BCUT2D eigenvalue weighted by atomic mass is 10.0. The van der Waals surface area contributed by atoms with Crippen LogP contribution in [-0.4, -0.2) is 47.4 Å². The summed E-state index contributed by atoms with van der Waals surface area (Å²) in [5.74, 6) is -1.42. The molecule has 0 aromatic rings. The van der Waals surface area contributed by atoms with Crippen LogP contribution < -0.4 is 5.32 Å². The number of carboxylic acids is 1. The Balaban J connectivity index is 2.24. The van der Waals surface area contributed by atoms with Gasteiger partial charge in [0, 0.05) is 26.1 Å². The van der Waals surface area contributed by atoms with E-state index in [9.17, 15) is 9.59 Å². The van der Waals surface area contributed by atoms with Crippen LogP contribution in [0.5, 0.6) is 0 Å². The van der Waals surface area contributed by atoms with E-state index in [1.165, 1.54) is 0 Å². The number of rotatable bonds is 7. The van der Waals surface area contributed by atoms with Gasteiger partial charge in [0.25, 0.3) is 0 Å². The third-order valence-electron chi connectivity index (χ3n) is 3.02. The fraction of sp³-hybridized carbons (Fsp3) is 0.833. The Labute approximate surface area is 106 Å². The van der Waals surface area contributed by atoms with Crippen molar-refractivity contribution in [2.45, 2.75) is 50.7 Å². The average Bonchev–Trinajstić information content (AvgIpc) is 2.37. The van der Waals surface area contributed by atoms with E-state index in [4.69, 9.17) is 14.9 Å². The molecule has 2 atom stereocenters. The summed E-state index contributed by atoms with van der Waals surface area (Å²) < 4.78 is 5.49. The van der Waals surface area contributed by atoms with E-state index < -0.39 is 12.0 Å². The predicted octanol–water partition coefficient (Wildman–Crippen LogP) is 0.287. The molecule has 18 heavy (non-hydrogen) atoms. The van der Waals surface area contributed by atoms with Gasteiger partial charge in [-0.3, -0.25) is 4.79 Å². The number of nitrogens with one attached hydrogen (secondary N) is 1. The zero-order valence-electron chi connectivity index (χ0n) is 10.4. The van der Waals surface area contributed by atoms with E-state index in [2.05, 4.69) is 5.32 Å². The fourth-order valence-corrected chi connectivity index (χ4v) is 1.98. The van der Waals surface area contributed by atoms with E-state index in [0.717, 1.165) is 25.9 Å². The summed E-state index contributed by atoms with van der Waals surface area (Å²) in [6.07, 6.45) is 4.19. The van der Waals surface area contributed by atoms with E-state index in [1.807, 2.05) is 0 Å². The molecule has 0 aliphatic carbocycles. The number of hydrogen-bond donors (Lipinski definition) is 3. The number of aliphatic hydroxyl groups is 1. The largest absolute Gasteiger partial charge is 0.480 e. The number of aliphatic hydroxyl groups excluding tert-OH is 1. The average molecular weight is 259 g/mol. The first-order valence-electron chi connectivity index (χ1n) is 6.38. The highest BCUT2D eigenvalue weighted by atomic mass is 16.5. The Kier molecular flexibility index (Phi) is 6.67. The normalized spacial score (nSPS) is 21.3. The molecule has 1 amide bonds. The van der Waals surface area contributed by atoms with Gasteiger partial charge in [0.1, 0.15) is 6.04 Å². The highest BCUT2D eigenvalue weighted by Gasteiger charge is 2.20. The number of carbonyl (C=O) groups is 2. The molecule has 0 aromatic heterocycles. The van der Waals surface area contributed by atoms with Crippen LogP contribution in [0.4, 0.5) is 0 Å². The highest BCUT2D eigenvalue weighted by molar-refractivity contribution is 5.83. The summed E-state index contributed by atoms with van der Waals surface area (Å²) in [5.41, 5.74) is 0. The molecule has 1 rings (SSSR count). The number of carboxylic acid groups (broad SMARTS) is 1. The minimum Gasteiger partial charge on any atom is -0.480 e. The van der Waals surface area contributed by atoms with Crippen LogP contribution in [0.25, 0.3) is 0 Å². The molecule has 0 spiro atoms. The van der Waals surface area contributed by atoms with Crippen LogP contribution in [0.1, 0.15) is 38.5 Å². The Bertz CT molecular complexity index is 276. The van der Waals surface area contributed by atoms with Gasteiger partial charge < -0.3 is 20.3 Å². The molecule has 0 radical (unpaired) electrons. The lowest BCUT2D eigenvalue weighted by Gasteiger charge is -2.22. The van der Waals surface area contributed by atoms with Gasteiger partial charge >= 0.3 is 5.97 Å². The number of aliphatic carboxylic acids is 1. The minimum atomic E-state index is -1.12. The van der Waals surface area contributed by atoms with E-state index >= 15 is 0 Å². The van der Waals surface area contributed by atoms with Crippen LogP contribution in [0.15, 0.2) is 0 Å². The molecular weight excluding hydrogens is 238 g/mol. The highest BCUT2D eigenvalue weighted by Crippen LogP contribution is 2.16.